The fourth-order valence-electron chi connectivity index (χ4n) is 2.60. The molecule has 0 spiro atoms. The molecule has 0 radical (unpaired) electrons. The second kappa shape index (κ2) is 9.75. The van der Waals surface area contributed by atoms with Gasteiger partial charge in [0.05, 0.1) is 11.5 Å². The Morgan fingerprint density at radius 1 is 1.22 bits per heavy atom. The lowest BCUT2D eigenvalue weighted by molar-refractivity contribution is -0.130. The van der Waals surface area contributed by atoms with Crippen molar-refractivity contribution in [3.63, 3.8) is 0 Å². The molecule has 0 aliphatic carbocycles. The average Bonchev–Trinajstić information content (AvgIpc) is 2.85. The van der Waals surface area contributed by atoms with Crippen molar-refractivity contribution in [2.45, 2.75) is 33.6 Å². The van der Waals surface area contributed by atoms with Gasteiger partial charge < -0.3 is 15.5 Å². The first kappa shape index (κ1) is 19.7. The number of hydrogen-bond donors (Lipinski definition) is 2. The van der Waals surface area contributed by atoms with Crippen LogP contribution < -0.4 is 10.6 Å². The van der Waals surface area contributed by atoms with Crippen molar-refractivity contribution in [3.05, 3.63) is 0 Å². The van der Waals surface area contributed by atoms with E-state index in [-0.39, 0.29) is 23.3 Å². The molecule has 0 saturated carbocycles. The van der Waals surface area contributed by atoms with Gasteiger partial charge in [0.1, 0.15) is 0 Å². The molecule has 1 atom stereocenters. The minimum atomic E-state index is -2.86. The minimum absolute atomic E-state index is 0.104. The quantitative estimate of drug-likeness (QED) is 0.485. The first-order valence-corrected chi connectivity index (χ1v) is 10.2. The Balaban J connectivity index is 2.42. The summed E-state index contributed by atoms with van der Waals surface area (Å²) in [5.41, 5.74) is 0. The third kappa shape index (κ3) is 7.20. The van der Waals surface area contributed by atoms with Crippen molar-refractivity contribution in [3.8, 4) is 0 Å². The van der Waals surface area contributed by atoms with Crippen molar-refractivity contribution in [2.75, 3.05) is 44.2 Å². The number of carbonyl (C=O) groups excluding carboxylic acids is 1. The summed E-state index contributed by atoms with van der Waals surface area (Å²) < 4.78 is 22.9. The van der Waals surface area contributed by atoms with Crippen molar-refractivity contribution < 1.29 is 13.2 Å². The summed E-state index contributed by atoms with van der Waals surface area (Å²) in [6, 6.07) is 0. The number of nitrogens with zero attached hydrogens (tertiary/aromatic N) is 2. The van der Waals surface area contributed by atoms with Gasteiger partial charge in [-0.25, -0.2) is 8.42 Å². The molecule has 1 saturated heterocycles. The first-order chi connectivity index (χ1) is 10.9. The minimum Gasteiger partial charge on any atom is -0.357 e. The van der Waals surface area contributed by atoms with E-state index < -0.39 is 9.84 Å². The third-order valence-corrected chi connectivity index (χ3v) is 5.76. The maximum absolute atomic E-state index is 11.9. The van der Waals surface area contributed by atoms with E-state index in [1.807, 2.05) is 20.8 Å². The highest BCUT2D eigenvalue weighted by atomic mass is 32.2. The number of carbonyl (C=O) groups is 1. The van der Waals surface area contributed by atoms with Gasteiger partial charge in [-0.05, 0) is 33.1 Å². The number of rotatable bonds is 8. The van der Waals surface area contributed by atoms with Crippen LogP contribution in [0.2, 0.25) is 0 Å². The molecule has 0 aromatic heterocycles. The number of aliphatic imine (C=N–C) groups is 1. The van der Waals surface area contributed by atoms with Crippen molar-refractivity contribution in [1.29, 1.82) is 0 Å². The van der Waals surface area contributed by atoms with E-state index in [1.165, 1.54) is 0 Å². The smallest absolute Gasteiger partial charge is 0.224 e. The summed E-state index contributed by atoms with van der Waals surface area (Å²) in [5, 5.41) is 6.26. The molecule has 1 aliphatic heterocycles. The van der Waals surface area contributed by atoms with Crippen LogP contribution in [0, 0.1) is 5.92 Å². The Kier molecular flexibility index (Phi) is 8.36. The van der Waals surface area contributed by atoms with Gasteiger partial charge in [-0.1, -0.05) is 0 Å². The Hall–Kier alpha value is -1.31. The highest BCUT2D eigenvalue weighted by Crippen LogP contribution is 2.18. The van der Waals surface area contributed by atoms with Crippen LogP contribution in [0.1, 0.15) is 33.6 Å². The second-order valence-electron chi connectivity index (χ2n) is 5.73. The Morgan fingerprint density at radius 3 is 2.43 bits per heavy atom. The summed E-state index contributed by atoms with van der Waals surface area (Å²) in [6.07, 6.45) is 1.11. The number of hydrogen-bond acceptors (Lipinski definition) is 4. The molecule has 0 aromatic rings. The summed E-state index contributed by atoms with van der Waals surface area (Å²) in [7, 11) is -2.86. The normalized spacial score (nSPS) is 20.3. The molecule has 1 rings (SSSR count). The van der Waals surface area contributed by atoms with Gasteiger partial charge >= 0.3 is 0 Å². The number of guanidine groups is 1. The van der Waals surface area contributed by atoms with E-state index in [4.69, 9.17) is 0 Å². The van der Waals surface area contributed by atoms with Crippen LogP contribution in [-0.2, 0) is 14.6 Å². The highest BCUT2D eigenvalue weighted by Gasteiger charge is 2.27. The van der Waals surface area contributed by atoms with Crippen molar-refractivity contribution >= 4 is 21.7 Å². The lowest BCUT2D eigenvalue weighted by Gasteiger charge is -2.19. The largest absolute Gasteiger partial charge is 0.357 e. The molecular formula is C15H30N4O3S. The summed E-state index contributed by atoms with van der Waals surface area (Å²) >= 11 is 0. The summed E-state index contributed by atoms with van der Waals surface area (Å²) in [6.45, 7) is 9.09. The first-order valence-electron chi connectivity index (χ1n) is 8.42. The van der Waals surface area contributed by atoms with E-state index in [2.05, 4.69) is 15.6 Å². The van der Waals surface area contributed by atoms with Crippen molar-refractivity contribution in [2.24, 2.45) is 10.9 Å². The fraction of sp³-hybridized carbons (Fsp3) is 0.867. The van der Waals surface area contributed by atoms with Crippen molar-refractivity contribution in [1.82, 2.24) is 15.5 Å². The van der Waals surface area contributed by atoms with Crippen LogP contribution in [0.3, 0.4) is 0 Å². The van der Waals surface area contributed by atoms with Gasteiger partial charge in [0.25, 0.3) is 0 Å². The molecule has 23 heavy (non-hydrogen) atoms. The predicted molar refractivity (Wildman–Crippen MR) is 93.3 cm³/mol. The molecule has 1 unspecified atom stereocenters. The third-order valence-electron chi connectivity index (χ3n) is 3.93. The molecule has 0 aromatic carbocycles. The van der Waals surface area contributed by atoms with Crippen LogP contribution in [0.5, 0.6) is 0 Å². The monoisotopic (exact) mass is 346 g/mol. The highest BCUT2D eigenvalue weighted by molar-refractivity contribution is 7.91. The molecule has 2 N–H and O–H groups in total. The average molecular weight is 346 g/mol. The molecule has 134 valence electrons. The molecular weight excluding hydrogens is 316 g/mol. The van der Waals surface area contributed by atoms with Gasteiger partial charge in [-0.2, -0.15) is 0 Å². The maximum atomic E-state index is 11.9. The molecule has 0 bridgehead atoms. The van der Waals surface area contributed by atoms with E-state index in [0.717, 1.165) is 19.6 Å². The van der Waals surface area contributed by atoms with Crippen LogP contribution in [0.25, 0.3) is 0 Å². The Labute approximate surface area is 139 Å². The second-order valence-corrected chi connectivity index (χ2v) is 7.96. The molecule has 1 heterocycles. The van der Waals surface area contributed by atoms with E-state index >= 15 is 0 Å². The molecule has 1 amide bonds. The zero-order chi connectivity index (χ0) is 17.3. The van der Waals surface area contributed by atoms with Gasteiger partial charge in [-0.3, -0.25) is 9.79 Å². The van der Waals surface area contributed by atoms with Gasteiger partial charge in [0.15, 0.2) is 15.8 Å². The van der Waals surface area contributed by atoms with Gasteiger partial charge in [0, 0.05) is 39.1 Å². The molecule has 8 heteroatoms. The lowest BCUT2D eigenvalue weighted by atomic mass is 10.1. The topological polar surface area (TPSA) is 90.9 Å². The standard InChI is InChI=1S/C15H30N4O3S/c1-4-16-15(17-9-7-14(20)19(5-2)6-3)18-11-13-8-10-23(21,22)12-13/h13H,4-12H2,1-3H3,(H2,16,17,18). The zero-order valence-electron chi connectivity index (χ0n) is 14.5. The lowest BCUT2D eigenvalue weighted by Crippen LogP contribution is -2.40. The zero-order valence-corrected chi connectivity index (χ0v) is 15.3. The SMILES string of the molecule is CCNC(=NCC1CCS(=O)(=O)C1)NCCC(=O)N(CC)CC. The molecule has 7 nitrogen and oxygen atoms in total. The van der Waals surface area contributed by atoms with Crippen LogP contribution >= 0.6 is 0 Å². The number of nitrogens with one attached hydrogen (secondary N) is 2. The number of amides is 1. The van der Waals surface area contributed by atoms with Gasteiger partial charge in [-0.15, -0.1) is 0 Å². The van der Waals surface area contributed by atoms with Crippen LogP contribution in [0.4, 0.5) is 0 Å². The van der Waals surface area contributed by atoms with E-state index in [9.17, 15) is 13.2 Å². The summed E-state index contributed by atoms with van der Waals surface area (Å²) in [4.78, 5) is 18.2. The molecule has 1 aliphatic rings. The van der Waals surface area contributed by atoms with E-state index in [1.54, 1.807) is 4.90 Å². The van der Waals surface area contributed by atoms with Crippen LogP contribution in [-0.4, -0.2) is 69.4 Å². The van der Waals surface area contributed by atoms with Gasteiger partial charge in [0.2, 0.25) is 5.91 Å². The molecule has 1 fully saturated rings. The Morgan fingerprint density at radius 2 is 1.91 bits per heavy atom. The Bertz CT molecular complexity index is 501. The predicted octanol–water partition coefficient (Wildman–Crippen LogP) is 0.235. The maximum Gasteiger partial charge on any atom is 0.224 e. The van der Waals surface area contributed by atoms with Crippen LogP contribution in [0.15, 0.2) is 4.99 Å². The number of sulfone groups is 1. The van der Waals surface area contributed by atoms with E-state index in [0.29, 0.717) is 31.9 Å². The fourth-order valence-corrected chi connectivity index (χ4v) is 4.45. The summed E-state index contributed by atoms with van der Waals surface area (Å²) in [5.74, 6) is 1.38.